The maximum atomic E-state index is 13.7. The van der Waals surface area contributed by atoms with Gasteiger partial charge in [0.05, 0.1) is 29.5 Å². The lowest BCUT2D eigenvalue weighted by molar-refractivity contribution is 0.0951. The van der Waals surface area contributed by atoms with Crippen molar-refractivity contribution in [3.8, 4) is 11.8 Å². The molecule has 1 amide bonds. The largest absolute Gasteiger partial charge is 0.491 e. The van der Waals surface area contributed by atoms with Gasteiger partial charge in [-0.1, -0.05) is 0 Å². The number of nitriles is 1. The molecule has 24 heavy (non-hydrogen) atoms. The zero-order valence-corrected chi connectivity index (χ0v) is 13.3. The molecule has 0 bridgehead atoms. The molecular weight excluding hydrogens is 309 g/mol. The van der Waals surface area contributed by atoms with E-state index in [4.69, 9.17) is 10.00 Å². The molecule has 5 nitrogen and oxygen atoms in total. The highest BCUT2D eigenvalue weighted by Crippen LogP contribution is 2.13. The molecule has 2 rings (SSSR count). The first-order chi connectivity index (χ1) is 11.5. The van der Waals surface area contributed by atoms with Crippen molar-refractivity contribution < 1.29 is 13.9 Å². The van der Waals surface area contributed by atoms with Gasteiger partial charge < -0.3 is 4.74 Å². The van der Waals surface area contributed by atoms with E-state index in [1.165, 1.54) is 18.3 Å². The molecule has 0 aliphatic carbocycles. The van der Waals surface area contributed by atoms with Crippen molar-refractivity contribution in [1.82, 2.24) is 5.43 Å². The topological polar surface area (TPSA) is 74.5 Å². The third-order valence-electron chi connectivity index (χ3n) is 2.97. The number of nitrogens with one attached hydrogen (secondary N) is 1. The Bertz CT molecular complexity index is 793. The molecule has 0 aliphatic rings. The Morgan fingerprint density at radius 1 is 1.29 bits per heavy atom. The van der Waals surface area contributed by atoms with Crippen LogP contribution in [0.2, 0.25) is 0 Å². The number of hydrazone groups is 1. The molecule has 0 fully saturated rings. The van der Waals surface area contributed by atoms with Crippen molar-refractivity contribution in [2.45, 2.75) is 20.0 Å². The molecule has 6 heteroatoms. The second-order valence-electron chi connectivity index (χ2n) is 5.24. The maximum absolute atomic E-state index is 13.7. The summed E-state index contributed by atoms with van der Waals surface area (Å²) in [6.07, 6.45) is 1.53. The van der Waals surface area contributed by atoms with Crippen LogP contribution in [0.15, 0.2) is 47.6 Å². The molecule has 1 N–H and O–H groups in total. The van der Waals surface area contributed by atoms with Gasteiger partial charge in [0.2, 0.25) is 0 Å². The van der Waals surface area contributed by atoms with Gasteiger partial charge in [0.1, 0.15) is 11.6 Å². The second kappa shape index (κ2) is 7.88. The van der Waals surface area contributed by atoms with Crippen molar-refractivity contribution in [1.29, 1.82) is 5.26 Å². The average Bonchev–Trinajstić information content (AvgIpc) is 2.55. The lowest BCUT2D eigenvalue weighted by atomic mass is 10.1. The number of nitrogens with zero attached hydrogens (tertiary/aromatic N) is 2. The normalized spacial score (nSPS) is 10.6. The van der Waals surface area contributed by atoms with Crippen LogP contribution in [0.3, 0.4) is 0 Å². The molecule has 0 saturated heterocycles. The van der Waals surface area contributed by atoms with E-state index >= 15 is 0 Å². The fourth-order valence-electron chi connectivity index (χ4n) is 1.90. The van der Waals surface area contributed by atoms with E-state index in [0.29, 0.717) is 0 Å². The summed E-state index contributed by atoms with van der Waals surface area (Å²) < 4.78 is 19.2. The molecule has 0 saturated carbocycles. The number of amides is 1. The summed E-state index contributed by atoms with van der Waals surface area (Å²) in [7, 11) is 0. The van der Waals surface area contributed by atoms with Crippen molar-refractivity contribution in [2.75, 3.05) is 0 Å². The minimum Gasteiger partial charge on any atom is -0.491 e. The number of ether oxygens (including phenoxy) is 1. The summed E-state index contributed by atoms with van der Waals surface area (Å²) in [5, 5.41) is 12.5. The van der Waals surface area contributed by atoms with Crippen molar-refractivity contribution >= 4 is 12.1 Å². The number of hydrogen-bond acceptors (Lipinski definition) is 4. The van der Waals surface area contributed by atoms with Crippen LogP contribution in [0.25, 0.3) is 0 Å². The summed E-state index contributed by atoms with van der Waals surface area (Å²) in [5.41, 5.74) is 2.98. The van der Waals surface area contributed by atoms with E-state index in [0.717, 1.165) is 17.4 Å². The third kappa shape index (κ3) is 4.65. The number of rotatable bonds is 5. The predicted octanol–water partition coefficient (Wildman–Crippen LogP) is 3.25. The highest BCUT2D eigenvalue weighted by molar-refractivity contribution is 5.95. The molecule has 0 atom stereocenters. The van der Waals surface area contributed by atoms with Crippen LogP contribution in [0.4, 0.5) is 4.39 Å². The molecule has 2 aromatic rings. The summed E-state index contributed by atoms with van der Waals surface area (Å²) in [5.74, 6) is -0.712. The van der Waals surface area contributed by atoms with Crippen molar-refractivity contribution in [2.24, 2.45) is 5.10 Å². The molecule has 0 spiro atoms. The predicted molar refractivity (Wildman–Crippen MR) is 88.4 cm³/mol. The second-order valence-corrected chi connectivity index (χ2v) is 5.24. The minimum absolute atomic E-state index is 0.0890. The zero-order chi connectivity index (χ0) is 17.5. The van der Waals surface area contributed by atoms with Gasteiger partial charge in [-0.05, 0) is 61.9 Å². The maximum Gasteiger partial charge on any atom is 0.274 e. The summed E-state index contributed by atoms with van der Waals surface area (Å²) >= 11 is 0. The Balaban J connectivity index is 1.98. The van der Waals surface area contributed by atoms with E-state index in [9.17, 15) is 9.18 Å². The van der Waals surface area contributed by atoms with Crippen LogP contribution < -0.4 is 10.2 Å². The van der Waals surface area contributed by atoms with E-state index < -0.39 is 11.7 Å². The first kappa shape index (κ1) is 17.2. The number of halogens is 1. The van der Waals surface area contributed by atoms with E-state index in [-0.39, 0.29) is 17.2 Å². The monoisotopic (exact) mass is 325 g/mol. The van der Waals surface area contributed by atoms with E-state index in [1.807, 2.05) is 13.8 Å². The van der Waals surface area contributed by atoms with E-state index in [2.05, 4.69) is 10.5 Å². The van der Waals surface area contributed by atoms with Crippen LogP contribution in [0.1, 0.15) is 35.3 Å². The van der Waals surface area contributed by atoms with Gasteiger partial charge in [0, 0.05) is 0 Å². The lowest BCUT2D eigenvalue weighted by Gasteiger charge is -2.09. The van der Waals surface area contributed by atoms with Crippen LogP contribution in [0.5, 0.6) is 5.75 Å². The minimum atomic E-state index is -0.767. The molecule has 122 valence electrons. The Labute approximate surface area is 139 Å². The standard InChI is InChI=1S/C18H16FN3O2/c1-12(2)24-15-6-3-13(4-7-15)11-21-22-18(23)16-8-5-14(10-20)9-17(16)19/h3-9,11-12H,1-2H3,(H,22,23)/b21-11-. The SMILES string of the molecule is CC(C)Oc1ccc(/C=N\NC(=O)c2ccc(C#N)cc2F)cc1. The van der Waals surface area contributed by atoms with E-state index in [1.54, 1.807) is 30.3 Å². The zero-order valence-electron chi connectivity index (χ0n) is 13.3. The average molecular weight is 325 g/mol. The quantitative estimate of drug-likeness (QED) is 0.677. The molecular formula is C18H16FN3O2. The number of benzene rings is 2. The van der Waals surface area contributed by atoms with Gasteiger partial charge in [-0.2, -0.15) is 10.4 Å². The van der Waals surface area contributed by atoms with Gasteiger partial charge in [0.25, 0.3) is 5.91 Å². The van der Waals surface area contributed by atoms with Gasteiger partial charge in [-0.25, -0.2) is 9.82 Å². The van der Waals surface area contributed by atoms with Crippen LogP contribution in [-0.4, -0.2) is 18.2 Å². The fourth-order valence-corrected chi connectivity index (χ4v) is 1.90. The number of carbonyl (C=O) groups is 1. The molecule has 0 radical (unpaired) electrons. The smallest absolute Gasteiger partial charge is 0.274 e. The number of carbonyl (C=O) groups excluding carboxylic acids is 1. The Hall–Kier alpha value is -3.20. The first-order valence-electron chi connectivity index (χ1n) is 7.29. The Morgan fingerprint density at radius 2 is 2.00 bits per heavy atom. The Kier molecular flexibility index (Phi) is 5.63. The fraction of sp³-hybridized carbons (Fsp3) is 0.167. The lowest BCUT2D eigenvalue weighted by Crippen LogP contribution is -2.19. The highest BCUT2D eigenvalue weighted by atomic mass is 19.1. The van der Waals surface area contributed by atoms with Gasteiger partial charge in [0.15, 0.2) is 0 Å². The number of hydrogen-bond donors (Lipinski definition) is 1. The summed E-state index contributed by atoms with van der Waals surface area (Å²) in [6.45, 7) is 3.88. The molecule has 2 aromatic carbocycles. The highest BCUT2D eigenvalue weighted by Gasteiger charge is 2.11. The summed E-state index contributed by atoms with van der Waals surface area (Å²) in [6, 6.07) is 12.6. The molecule has 0 heterocycles. The van der Waals surface area contributed by atoms with Crippen LogP contribution in [-0.2, 0) is 0 Å². The van der Waals surface area contributed by atoms with Crippen LogP contribution >= 0.6 is 0 Å². The Morgan fingerprint density at radius 3 is 2.58 bits per heavy atom. The molecule has 0 aliphatic heterocycles. The molecule has 0 aromatic heterocycles. The van der Waals surface area contributed by atoms with Crippen molar-refractivity contribution in [3.05, 3.63) is 65.0 Å². The van der Waals surface area contributed by atoms with Crippen LogP contribution in [0, 0.1) is 17.1 Å². The van der Waals surface area contributed by atoms with Gasteiger partial charge in [-0.3, -0.25) is 4.79 Å². The van der Waals surface area contributed by atoms with Gasteiger partial charge >= 0.3 is 0 Å². The summed E-state index contributed by atoms with van der Waals surface area (Å²) in [4.78, 5) is 11.9. The molecule has 0 unspecified atom stereocenters. The third-order valence-corrected chi connectivity index (χ3v) is 2.97. The first-order valence-corrected chi connectivity index (χ1v) is 7.29. The van der Waals surface area contributed by atoms with Gasteiger partial charge in [-0.15, -0.1) is 0 Å². The van der Waals surface area contributed by atoms with Crippen molar-refractivity contribution in [3.63, 3.8) is 0 Å².